The Morgan fingerprint density at radius 1 is 1.06 bits per heavy atom. The lowest BCUT2D eigenvalue weighted by atomic mass is 9.40. The number of esters is 5. The molecule has 2 saturated heterocycles. The Hall–Kier alpha value is -3.71. The third-order valence-corrected chi connectivity index (χ3v) is 11.6. The average Bonchev–Trinajstić information content (AvgIpc) is 3.53. The molecule has 1 aromatic heterocycles. The van der Waals surface area contributed by atoms with E-state index in [1.165, 1.54) is 33.5 Å². The molecule has 2 aliphatic heterocycles. The van der Waals surface area contributed by atoms with Gasteiger partial charge in [0.2, 0.25) is 0 Å². The van der Waals surface area contributed by atoms with Gasteiger partial charge in [-0.1, -0.05) is 41.2 Å². The summed E-state index contributed by atoms with van der Waals surface area (Å²) in [6, 6.07) is 1.60. The second-order valence-electron chi connectivity index (χ2n) is 14.9. The Morgan fingerprint density at radius 3 is 2.25 bits per heavy atom. The molecule has 2 aliphatic carbocycles. The fraction of sp³-hybridized carbons (Fsp3) is 0.686. The monoisotopic (exact) mass is 674 g/mol. The lowest BCUT2D eigenvalue weighted by Gasteiger charge is -2.73. The van der Waals surface area contributed by atoms with Crippen molar-refractivity contribution in [3.63, 3.8) is 0 Å². The molecule has 48 heavy (non-hydrogen) atoms. The quantitative estimate of drug-likeness (QED) is 0.253. The second-order valence-corrected chi connectivity index (χ2v) is 14.9. The van der Waals surface area contributed by atoms with Gasteiger partial charge in [-0.15, -0.1) is 0 Å². The van der Waals surface area contributed by atoms with Crippen LogP contribution in [0, 0.1) is 34.0 Å². The summed E-state index contributed by atoms with van der Waals surface area (Å²) in [5, 5.41) is 12.0. The van der Waals surface area contributed by atoms with Crippen LogP contribution < -0.4 is 0 Å². The first-order chi connectivity index (χ1) is 22.3. The minimum atomic E-state index is -1.99. The minimum absolute atomic E-state index is 0.114. The molecule has 13 nitrogen and oxygen atoms in total. The van der Waals surface area contributed by atoms with Gasteiger partial charge < -0.3 is 37.9 Å². The number of hydrogen-bond acceptors (Lipinski definition) is 13. The van der Waals surface area contributed by atoms with Crippen molar-refractivity contribution in [2.24, 2.45) is 34.0 Å². The average molecular weight is 675 g/mol. The van der Waals surface area contributed by atoms with Crippen LogP contribution in [0.15, 0.2) is 35.2 Å². The van der Waals surface area contributed by atoms with Gasteiger partial charge in [-0.2, -0.15) is 0 Å². The molecule has 5 rings (SSSR count). The summed E-state index contributed by atoms with van der Waals surface area (Å²) in [7, 11) is 1.27. The number of carbonyl (C=O) groups is 5. The molecule has 4 aliphatic rings. The van der Waals surface area contributed by atoms with Crippen LogP contribution >= 0.6 is 0 Å². The highest BCUT2D eigenvalue weighted by atomic mass is 16.6. The standard InChI is InChI=1S/C35H46O13/c1-16(2)30(40)46-25-28(45-19(5)37)32(6,7)22(14-24(38)42-10)33(8)21-13-23(44-18(4)36)34(9)27(20-11-12-43-15-20)47-31(41)26(39)35(34,17(21)3)48-29(25)33/h11-12,15-16,21-23,25-29,39H,3,13-14H2,1-2,4-10H3/t21-,22-,23-,25-,26+,27-,28-,29-,33+,34-,35+/m0/s1. The Bertz CT molecular complexity index is 1500. The molecule has 13 heteroatoms. The highest BCUT2D eigenvalue weighted by Crippen LogP contribution is 2.73. The first-order valence-electron chi connectivity index (χ1n) is 16.2. The van der Waals surface area contributed by atoms with Gasteiger partial charge in [0.15, 0.2) is 12.2 Å². The van der Waals surface area contributed by atoms with Crippen LogP contribution in [0.1, 0.15) is 79.9 Å². The summed E-state index contributed by atoms with van der Waals surface area (Å²) in [5.74, 6) is -5.39. The number of furan rings is 1. The Balaban J connectivity index is 1.83. The third-order valence-electron chi connectivity index (χ3n) is 11.6. The van der Waals surface area contributed by atoms with Gasteiger partial charge in [0.1, 0.15) is 30.0 Å². The molecule has 0 amide bonds. The summed E-state index contributed by atoms with van der Waals surface area (Å²) in [6.07, 6.45) is -4.98. The van der Waals surface area contributed by atoms with Crippen LogP contribution in [0.3, 0.4) is 0 Å². The van der Waals surface area contributed by atoms with E-state index < -0.39 is 106 Å². The van der Waals surface area contributed by atoms with Crippen molar-refractivity contribution in [2.45, 2.75) is 110 Å². The van der Waals surface area contributed by atoms with Gasteiger partial charge in [-0.3, -0.25) is 19.2 Å². The van der Waals surface area contributed by atoms with Crippen molar-refractivity contribution in [1.82, 2.24) is 0 Å². The molecule has 0 unspecified atom stereocenters. The molecule has 264 valence electrons. The molecule has 3 heterocycles. The molecule has 0 aromatic carbocycles. The zero-order chi connectivity index (χ0) is 35.7. The number of fused-ring (bicyclic) bond motifs is 3. The first-order valence-corrected chi connectivity index (χ1v) is 16.2. The maximum Gasteiger partial charge on any atom is 0.339 e. The number of ether oxygens (including phenoxy) is 6. The van der Waals surface area contributed by atoms with Crippen LogP contribution in [0.25, 0.3) is 0 Å². The smallest absolute Gasteiger partial charge is 0.339 e. The predicted octanol–water partition coefficient (Wildman–Crippen LogP) is 3.62. The highest BCUT2D eigenvalue weighted by molar-refractivity contribution is 5.80. The molecule has 1 spiro atoms. The second kappa shape index (κ2) is 12.0. The van der Waals surface area contributed by atoms with Gasteiger partial charge >= 0.3 is 29.8 Å². The van der Waals surface area contributed by atoms with Gasteiger partial charge in [-0.25, -0.2) is 4.79 Å². The topological polar surface area (TPSA) is 174 Å². The normalized spacial score (nSPS) is 39.7. The molecular weight excluding hydrogens is 628 g/mol. The molecule has 2 bridgehead atoms. The lowest BCUT2D eigenvalue weighted by Crippen LogP contribution is -2.82. The summed E-state index contributed by atoms with van der Waals surface area (Å²) in [5.41, 5.74) is -4.97. The van der Waals surface area contributed by atoms with Crippen LogP contribution in [-0.2, 0) is 52.4 Å². The summed E-state index contributed by atoms with van der Waals surface area (Å²) < 4.78 is 41.6. The number of methoxy groups -OCH3 is 1. The van der Waals surface area contributed by atoms with E-state index in [1.807, 2.05) is 20.8 Å². The van der Waals surface area contributed by atoms with E-state index in [-0.39, 0.29) is 12.8 Å². The van der Waals surface area contributed by atoms with Gasteiger partial charge in [-0.05, 0) is 36.8 Å². The van der Waals surface area contributed by atoms with Gasteiger partial charge in [0, 0.05) is 36.7 Å². The molecule has 11 atom stereocenters. The van der Waals surface area contributed by atoms with Crippen LogP contribution in [0.4, 0.5) is 0 Å². The van der Waals surface area contributed by atoms with Gasteiger partial charge in [0.25, 0.3) is 0 Å². The predicted molar refractivity (Wildman–Crippen MR) is 164 cm³/mol. The van der Waals surface area contributed by atoms with E-state index in [2.05, 4.69) is 6.58 Å². The molecule has 1 aromatic rings. The van der Waals surface area contributed by atoms with E-state index in [4.69, 9.17) is 32.8 Å². The third kappa shape index (κ3) is 4.90. The molecular formula is C35H46O13. The number of aliphatic hydroxyl groups is 1. The van der Waals surface area contributed by atoms with Gasteiger partial charge in [0.05, 0.1) is 31.0 Å². The van der Waals surface area contributed by atoms with E-state index in [0.717, 1.165) is 0 Å². The van der Waals surface area contributed by atoms with Crippen molar-refractivity contribution >= 4 is 29.8 Å². The van der Waals surface area contributed by atoms with Crippen LogP contribution in [0.5, 0.6) is 0 Å². The van der Waals surface area contributed by atoms with Crippen LogP contribution in [0.2, 0.25) is 0 Å². The van der Waals surface area contributed by atoms with Crippen molar-refractivity contribution in [2.75, 3.05) is 7.11 Å². The largest absolute Gasteiger partial charge is 0.472 e. The van der Waals surface area contributed by atoms with Crippen LogP contribution in [-0.4, -0.2) is 78.2 Å². The Kier molecular flexibility index (Phi) is 8.91. The number of rotatable bonds is 7. The molecule has 0 radical (unpaired) electrons. The number of aliphatic hydroxyl groups excluding tert-OH is 1. The maximum atomic E-state index is 13.7. The molecule has 1 N–H and O–H groups in total. The van der Waals surface area contributed by atoms with Crippen molar-refractivity contribution in [1.29, 1.82) is 0 Å². The SMILES string of the molecule is C=C1[C@@H]2C[C@H](OC(C)=O)[C@@]3(C)[C@H](c4ccoc4)OC(=O)[C@@H](O)[C@]13O[C@H]1[C@@H](OC(=O)C(C)C)[C@H](OC(C)=O)C(C)(C)[C@H](CC(=O)OC)[C@@]21C. The fourth-order valence-electron chi connectivity index (χ4n) is 9.35. The number of cyclic esters (lactones) is 1. The first kappa shape index (κ1) is 35.6. The summed E-state index contributed by atoms with van der Waals surface area (Å²) >= 11 is 0. The molecule has 4 fully saturated rings. The van der Waals surface area contributed by atoms with Crippen molar-refractivity contribution in [3.8, 4) is 0 Å². The summed E-state index contributed by atoms with van der Waals surface area (Å²) in [6.45, 7) is 17.5. The van der Waals surface area contributed by atoms with E-state index in [0.29, 0.717) is 11.1 Å². The molecule has 2 saturated carbocycles. The summed E-state index contributed by atoms with van der Waals surface area (Å²) in [4.78, 5) is 65.6. The van der Waals surface area contributed by atoms with E-state index in [1.54, 1.807) is 26.8 Å². The highest BCUT2D eigenvalue weighted by Gasteiger charge is 2.81. The maximum absolute atomic E-state index is 13.7. The lowest BCUT2D eigenvalue weighted by molar-refractivity contribution is -0.369. The Morgan fingerprint density at radius 2 is 1.71 bits per heavy atom. The van der Waals surface area contributed by atoms with Crippen molar-refractivity contribution in [3.05, 3.63) is 36.3 Å². The fourth-order valence-corrected chi connectivity index (χ4v) is 9.35. The van der Waals surface area contributed by atoms with Crippen molar-refractivity contribution < 1.29 is 61.9 Å². The van der Waals surface area contributed by atoms with E-state index >= 15 is 0 Å². The Labute approximate surface area is 279 Å². The zero-order valence-corrected chi connectivity index (χ0v) is 28.9. The number of hydrogen-bond donors (Lipinski definition) is 1. The minimum Gasteiger partial charge on any atom is -0.472 e. The number of carbonyl (C=O) groups excluding carboxylic acids is 5. The zero-order valence-electron chi connectivity index (χ0n) is 28.9. The van der Waals surface area contributed by atoms with E-state index in [9.17, 15) is 29.1 Å².